The molecule has 0 aromatic carbocycles. The zero-order valence-corrected chi connectivity index (χ0v) is 62.0. The van der Waals surface area contributed by atoms with Crippen LogP contribution in [0.1, 0.15) is 51.4 Å². The van der Waals surface area contributed by atoms with Gasteiger partial charge in [-0.05, 0) is 36.5 Å². The molecule has 0 aromatic rings. The fraction of sp³-hybridized carbons (Fsp3) is 0.353. The summed E-state index contributed by atoms with van der Waals surface area (Å²) in [6, 6.07) is 0. The quantitative estimate of drug-likeness (QED) is 0.177. The average molecular weight is 1520 g/mol. The summed E-state index contributed by atoms with van der Waals surface area (Å²) in [5, 5.41) is 0. The van der Waals surface area contributed by atoms with E-state index in [1.54, 1.807) is 87.8 Å². The molecule has 0 aliphatic heterocycles. The summed E-state index contributed by atoms with van der Waals surface area (Å²) in [6.45, 7) is 28.1. The van der Waals surface area contributed by atoms with Gasteiger partial charge in [0.05, 0.1) is 0 Å². The fourth-order valence-electron chi connectivity index (χ4n) is 4.96. The third-order valence-corrected chi connectivity index (χ3v) is 6.04. The van der Waals surface area contributed by atoms with E-state index in [0.29, 0.717) is 0 Å². The van der Waals surface area contributed by atoms with E-state index in [4.69, 9.17) is 32.9 Å². The monoisotopic (exact) mass is 1520 g/mol. The molecule has 2 atom stereocenters. The van der Waals surface area contributed by atoms with Crippen LogP contribution in [0.15, 0.2) is 72.9 Å². The summed E-state index contributed by atoms with van der Waals surface area (Å²) in [7, 11) is 0. The van der Waals surface area contributed by atoms with Gasteiger partial charge in [0.25, 0.3) is 0 Å². The van der Waals surface area contributed by atoms with Crippen molar-refractivity contribution < 1.29 is 393 Å². The molecular formula is C34H42Y12-4. The van der Waals surface area contributed by atoms with Gasteiger partial charge in [-0.2, -0.15) is 0 Å². The molecule has 0 bridgehead atoms. The number of allylic oxidation sites excluding steroid dienone is 15. The molecule has 0 saturated heterocycles. The average Bonchev–Trinajstić information content (AvgIpc) is 3.27. The molecule has 0 heterocycles. The molecule has 2 unspecified atom stereocenters. The normalized spacial score (nSPS) is 18.2. The van der Waals surface area contributed by atoms with Gasteiger partial charge >= 0.3 is 65.4 Å². The predicted molar refractivity (Wildman–Crippen MR) is 149 cm³/mol. The third kappa shape index (κ3) is 58.8. The van der Waals surface area contributed by atoms with E-state index in [1.807, 2.05) is 0 Å². The zero-order chi connectivity index (χ0) is 24.6. The second kappa shape index (κ2) is 79.6. The molecule has 10 radical (unpaired) electrons. The molecule has 3 aliphatic rings. The summed E-state index contributed by atoms with van der Waals surface area (Å²) in [5.74, 6) is 4.72. The van der Waals surface area contributed by atoms with Crippen LogP contribution in [-0.4, -0.2) is 0 Å². The summed E-state index contributed by atoms with van der Waals surface area (Å²) < 4.78 is 0. The Morgan fingerprint density at radius 3 is 1.15 bits per heavy atom. The molecule has 3 aliphatic carbocycles. The fourth-order valence-corrected chi connectivity index (χ4v) is 4.96. The maximum absolute atomic E-state index is 5.05. The van der Waals surface area contributed by atoms with Crippen molar-refractivity contribution in [2.24, 2.45) is 23.7 Å². The molecule has 3 rings (SSSR count). The van der Waals surface area contributed by atoms with Gasteiger partial charge in [0.2, 0.25) is 0 Å². The second-order valence-corrected chi connectivity index (χ2v) is 8.00. The van der Waals surface area contributed by atoms with Gasteiger partial charge in [0.15, 0.2) is 0 Å². The van der Waals surface area contributed by atoms with Crippen molar-refractivity contribution in [2.45, 2.75) is 51.4 Å². The largest absolute Gasteiger partial charge is 3.00 e. The van der Waals surface area contributed by atoms with Crippen molar-refractivity contribution in [3.05, 3.63) is 138 Å². The standard InChI is InChI=1S/C12H20.C10H8.C6H5.C5H6.CH3.12Y/c1-3-9-4-2-6-11-8-7-10(5-1)12(9)11;1-3-5-7-9-10-8-6-4-2;1-3-5-6-4-2;1-3-5-4-2;;;;;;;;;;;;;/h9-12H,1-8H2;1-7,10H;1-5H;1,3-5H,2H2;1H3;;;;;;;;;;;;/q;-4;-3;-2;-1;;;;;;;;;;;2*+3. The maximum Gasteiger partial charge on any atom is 3.00 e. The minimum absolute atomic E-state index is 0. The third-order valence-electron chi connectivity index (χ3n) is 6.04. The number of rotatable bonds is 7. The smallest absolute Gasteiger partial charge is 0.614 e. The van der Waals surface area contributed by atoms with E-state index in [1.165, 1.54) is 60.1 Å². The molecular weight excluding hydrogens is 1480 g/mol. The van der Waals surface area contributed by atoms with Crippen molar-refractivity contribution in [3.63, 3.8) is 0 Å². The Labute approximate surface area is 589 Å². The van der Waals surface area contributed by atoms with Crippen molar-refractivity contribution >= 4 is 0 Å². The Morgan fingerprint density at radius 1 is 0.500 bits per heavy atom. The molecule has 0 N–H and O–H groups in total. The molecule has 0 nitrogen and oxygen atoms in total. The van der Waals surface area contributed by atoms with Gasteiger partial charge in [-0.25, -0.2) is 37.3 Å². The molecule has 218 valence electrons. The first kappa shape index (κ1) is 96.4. The Kier molecular flexibility index (Phi) is 167. The Hall–Kier alpha value is 10.5. The summed E-state index contributed by atoms with van der Waals surface area (Å²) in [6.07, 6.45) is 39.0. The van der Waals surface area contributed by atoms with Crippen LogP contribution in [0.4, 0.5) is 0 Å². The first-order valence-corrected chi connectivity index (χ1v) is 11.8. The van der Waals surface area contributed by atoms with Crippen molar-refractivity contribution in [2.75, 3.05) is 0 Å². The van der Waals surface area contributed by atoms with E-state index < -0.39 is 0 Å². The van der Waals surface area contributed by atoms with E-state index >= 15 is 0 Å². The van der Waals surface area contributed by atoms with E-state index in [2.05, 4.69) is 25.2 Å². The Balaban J connectivity index is -0.0000000236. The summed E-state index contributed by atoms with van der Waals surface area (Å²) in [5.41, 5.74) is 0. The predicted octanol–water partition coefficient (Wildman–Crippen LogP) is 8.96. The number of hydrogen-bond acceptors (Lipinski definition) is 0. The van der Waals surface area contributed by atoms with Crippen molar-refractivity contribution in [3.8, 4) is 0 Å². The van der Waals surface area contributed by atoms with Crippen LogP contribution in [0.25, 0.3) is 0 Å². The van der Waals surface area contributed by atoms with Gasteiger partial charge in [0, 0.05) is 327 Å². The van der Waals surface area contributed by atoms with Gasteiger partial charge in [-0.1, -0.05) is 38.5 Å². The molecule has 0 amide bonds. The van der Waals surface area contributed by atoms with Crippen molar-refractivity contribution in [1.82, 2.24) is 0 Å². The summed E-state index contributed by atoms with van der Waals surface area (Å²) >= 11 is 0. The SMILES string of the molecule is C1CC2CCCC3CCC(C1)C23.[CH-]=CC=C[CH2-].[CH-]=CC=[C-]C=[C-]C=CC=[CH-].[CH-]=C[C-]=CC=[CH-].[CH3-].[Y+3].[Y+3].[Y].[Y].[Y].[Y].[Y].[Y].[Y].[Y].[Y].[Y]. The van der Waals surface area contributed by atoms with Crippen LogP contribution in [0.3, 0.4) is 0 Å². The second-order valence-electron chi connectivity index (χ2n) is 8.00. The van der Waals surface area contributed by atoms with Crippen LogP contribution in [-0.2, 0) is 393 Å². The van der Waals surface area contributed by atoms with Gasteiger partial charge in [0.1, 0.15) is 0 Å². The minimum atomic E-state index is 0. The maximum atomic E-state index is 5.05. The van der Waals surface area contributed by atoms with Gasteiger partial charge in [-0.3, -0.25) is 31.9 Å². The topological polar surface area (TPSA) is 0 Å². The van der Waals surface area contributed by atoms with Crippen LogP contribution >= 0.6 is 0 Å². The van der Waals surface area contributed by atoms with Crippen LogP contribution in [0.5, 0.6) is 0 Å². The van der Waals surface area contributed by atoms with Crippen LogP contribution in [0.2, 0.25) is 0 Å². The van der Waals surface area contributed by atoms with Gasteiger partial charge in [-0.15, -0.1) is 0 Å². The van der Waals surface area contributed by atoms with Crippen molar-refractivity contribution in [1.29, 1.82) is 0 Å². The molecule has 46 heavy (non-hydrogen) atoms. The Bertz CT molecular complexity index is 669. The first-order valence-electron chi connectivity index (χ1n) is 11.8. The zero-order valence-electron chi connectivity index (χ0n) is 27.9. The van der Waals surface area contributed by atoms with E-state index in [-0.39, 0.29) is 400 Å². The van der Waals surface area contributed by atoms with Crippen LogP contribution < -0.4 is 0 Å². The molecule has 0 spiro atoms. The molecule has 12 heteroatoms. The van der Waals surface area contributed by atoms with E-state index in [9.17, 15) is 0 Å². The minimum Gasteiger partial charge on any atom is -0.614 e. The summed E-state index contributed by atoms with van der Waals surface area (Å²) in [4.78, 5) is 0. The van der Waals surface area contributed by atoms with Gasteiger partial charge < -0.3 is 69.2 Å². The Morgan fingerprint density at radius 2 is 0.870 bits per heavy atom. The molecule has 0 aromatic heterocycles. The number of hydrogen-bond donors (Lipinski definition) is 0. The molecule has 3 saturated carbocycles. The van der Waals surface area contributed by atoms with Crippen LogP contribution in [0, 0.1) is 89.1 Å². The molecule has 3 fully saturated rings. The first-order chi connectivity index (χ1) is 16.2. The van der Waals surface area contributed by atoms with E-state index in [0.717, 1.165) is 0 Å².